The predicted octanol–water partition coefficient (Wildman–Crippen LogP) is 0.0477. The first-order chi connectivity index (χ1) is 11.3. The van der Waals surface area contributed by atoms with Gasteiger partial charge in [0.15, 0.2) is 0 Å². The Morgan fingerprint density at radius 3 is 2.78 bits per heavy atom. The van der Waals surface area contributed by atoms with E-state index in [-0.39, 0.29) is 12.1 Å². The van der Waals surface area contributed by atoms with Crippen LogP contribution in [0.15, 0.2) is 30.3 Å². The lowest BCUT2D eigenvalue weighted by atomic mass is 10.0. The van der Waals surface area contributed by atoms with Crippen molar-refractivity contribution >= 4 is 9.39 Å². The van der Waals surface area contributed by atoms with Crippen molar-refractivity contribution < 1.29 is 14.8 Å². The molecule has 0 aromatic heterocycles. The number of hydrogen-bond donors (Lipinski definition) is 5. The van der Waals surface area contributed by atoms with E-state index >= 15 is 0 Å². The molecule has 4 atom stereocenters. The van der Waals surface area contributed by atoms with E-state index in [4.69, 9.17) is 9.68 Å². The molecule has 1 aromatic rings. The summed E-state index contributed by atoms with van der Waals surface area (Å²) in [6.07, 6.45) is 1.05. The van der Waals surface area contributed by atoms with Gasteiger partial charge in [-0.3, -0.25) is 14.8 Å². The van der Waals surface area contributed by atoms with Crippen molar-refractivity contribution in [2.24, 2.45) is 0 Å². The van der Waals surface area contributed by atoms with Crippen LogP contribution in [0.25, 0.3) is 0 Å². The van der Waals surface area contributed by atoms with Crippen LogP contribution in [-0.2, 0) is 16.3 Å². The molecule has 23 heavy (non-hydrogen) atoms. The summed E-state index contributed by atoms with van der Waals surface area (Å²) in [5, 5.41) is 16.2. The molecule has 2 unspecified atom stereocenters. The lowest BCUT2D eigenvalue weighted by Gasteiger charge is -2.32. The maximum absolute atomic E-state index is 10.0. The monoisotopic (exact) mass is 342 g/mol. The normalized spacial score (nSPS) is 22.9. The summed E-state index contributed by atoms with van der Waals surface area (Å²) >= 11 is 0. The molecule has 0 bridgehead atoms. The van der Waals surface area contributed by atoms with Crippen molar-refractivity contribution in [3.8, 4) is 0 Å². The van der Waals surface area contributed by atoms with Crippen molar-refractivity contribution in [1.29, 1.82) is 0 Å². The van der Waals surface area contributed by atoms with Crippen LogP contribution in [0.2, 0.25) is 0 Å². The van der Waals surface area contributed by atoms with Gasteiger partial charge in [0.25, 0.3) is 0 Å². The lowest BCUT2D eigenvalue weighted by Crippen LogP contribution is -2.55. The average Bonchev–Trinajstić information content (AvgIpc) is 2.60. The molecule has 1 saturated heterocycles. The fourth-order valence-corrected chi connectivity index (χ4v) is 2.52. The van der Waals surface area contributed by atoms with Crippen LogP contribution >= 0.6 is 9.39 Å². The Balaban J connectivity index is 1.56. The summed E-state index contributed by atoms with van der Waals surface area (Å²) in [5.41, 5.74) is 6.88. The third-order valence-corrected chi connectivity index (χ3v) is 4.01. The fraction of sp³-hybridized carbons (Fsp3) is 0.600. The topological polar surface area (TPSA) is 86.8 Å². The van der Waals surface area contributed by atoms with E-state index in [1.54, 1.807) is 0 Å². The van der Waals surface area contributed by atoms with Crippen molar-refractivity contribution in [2.45, 2.75) is 37.8 Å². The first-order valence-electron chi connectivity index (χ1n) is 7.93. The van der Waals surface area contributed by atoms with Crippen LogP contribution in [0.3, 0.4) is 0 Å². The third kappa shape index (κ3) is 7.20. The molecule has 1 heterocycles. The molecule has 130 valence electrons. The molecule has 8 heteroatoms. The lowest BCUT2D eigenvalue weighted by molar-refractivity contribution is -0.0770. The Morgan fingerprint density at radius 1 is 1.26 bits per heavy atom. The first kappa shape index (κ1) is 18.7. The highest BCUT2D eigenvalue weighted by atomic mass is 31.0. The Hall–Kier alpha value is -0.630. The second-order valence-corrected chi connectivity index (χ2v) is 5.95. The maximum Gasteiger partial charge on any atom is 0.142 e. The summed E-state index contributed by atoms with van der Waals surface area (Å²) in [6.45, 7) is 2.48. The van der Waals surface area contributed by atoms with Gasteiger partial charge in [0.2, 0.25) is 0 Å². The predicted molar refractivity (Wildman–Crippen MR) is 92.0 cm³/mol. The Kier molecular flexibility index (Phi) is 8.96. The largest absolute Gasteiger partial charge is 0.375 e. The van der Waals surface area contributed by atoms with E-state index in [1.807, 2.05) is 30.3 Å². The van der Waals surface area contributed by atoms with E-state index in [0.717, 1.165) is 24.9 Å². The quantitative estimate of drug-likeness (QED) is 0.178. The number of piperidine rings is 1. The minimum absolute atomic E-state index is 0.0221. The summed E-state index contributed by atoms with van der Waals surface area (Å²) in [4.78, 5) is 10.7. The summed E-state index contributed by atoms with van der Waals surface area (Å²) < 4.78 is 0. The van der Waals surface area contributed by atoms with Gasteiger partial charge in [-0.15, -0.1) is 0 Å². The summed E-state index contributed by atoms with van der Waals surface area (Å²) in [7, 11) is 2.40. The van der Waals surface area contributed by atoms with Crippen molar-refractivity contribution in [1.82, 2.24) is 21.4 Å². The second kappa shape index (κ2) is 11.0. The Morgan fingerprint density at radius 2 is 2.09 bits per heavy atom. The van der Waals surface area contributed by atoms with Gasteiger partial charge in [-0.05, 0) is 18.4 Å². The van der Waals surface area contributed by atoms with Gasteiger partial charge in [-0.2, -0.15) is 11.0 Å². The van der Waals surface area contributed by atoms with E-state index in [2.05, 4.69) is 30.8 Å². The highest BCUT2D eigenvalue weighted by Gasteiger charge is 2.26. The Bertz CT molecular complexity index is 418. The van der Waals surface area contributed by atoms with Gasteiger partial charge in [0.1, 0.15) is 6.23 Å². The molecule has 0 radical (unpaired) electrons. The van der Waals surface area contributed by atoms with Crippen molar-refractivity contribution in [2.75, 3.05) is 19.7 Å². The maximum atomic E-state index is 10.0. The molecule has 0 saturated carbocycles. The minimum atomic E-state index is -0.717. The SMILES string of the molecule is OC(NOCCNP)[C@@H]1CC[C@@H](NOCc2ccccc2)CN1. The number of hydroxylamine groups is 2. The van der Waals surface area contributed by atoms with Crippen LogP contribution in [0, 0.1) is 0 Å². The minimum Gasteiger partial charge on any atom is -0.375 e. The number of nitrogens with one attached hydrogen (secondary N) is 4. The number of aliphatic hydroxyl groups is 1. The van der Waals surface area contributed by atoms with Gasteiger partial charge >= 0.3 is 0 Å². The van der Waals surface area contributed by atoms with E-state index < -0.39 is 6.23 Å². The van der Waals surface area contributed by atoms with E-state index in [9.17, 15) is 5.11 Å². The van der Waals surface area contributed by atoms with Crippen LogP contribution in [0.4, 0.5) is 0 Å². The molecular formula is C15H27N4O3P. The standard InChI is InChI=1S/C15H27N4O3P/c20-15(19-21-9-8-17-23)14-7-6-13(10-16-14)18-22-11-12-4-2-1-3-5-12/h1-5,13-20H,6-11,23H2/t13-,14+,15?/m1/s1. The van der Waals surface area contributed by atoms with E-state index in [0.29, 0.717) is 19.8 Å². The van der Waals surface area contributed by atoms with Gasteiger partial charge < -0.3 is 10.4 Å². The molecule has 1 aromatic carbocycles. The fourth-order valence-electron chi connectivity index (χ4n) is 2.40. The average molecular weight is 342 g/mol. The van der Waals surface area contributed by atoms with Gasteiger partial charge in [-0.25, -0.2) is 0 Å². The second-order valence-electron chi connectivity index (χ2n) is 5.55. The number of rotatable bonds is 10. The molecule has 7 nitrogen and oxygen atoms in total. The van der Waals surface area contributed by atoms with Crippen LogP contribution in [-0.4, -0.2) is 43.1 Å². The van der Waals surface area contributed by atoms with Gasteiger partial charge in [0.05, 0.1) is 13.2 Å². The molecule has 1 aliphatic heterocycles. The van der Waals surface area contributed by atoms with Crippen molar-refractivity contribution in [3.63, 3.8) is 0 Å². The summed E-state index contributed by atoms with van der Waals surface area (Å²) in [5.74, 6) is 0. The zero-order valence-corrected chi connectivity index (χ0v) is 14.4. The smallest absolute Gasteiger partial charge is 0.142 e. The molecule has 1 aliphatic rings. The molecule has 2 rings (SSSR count). The summed E-state index contributed by atoms with van der Waals surface area (Å²) in [6, 6.07) is 10.3. The molecule has 5 N–H and O–H groups in total. The highest BCUT2D eigenvalue weighted by Crippen LogP contribution is 2.11. The number of hydrogen-bond acceptors (Lipinski definition) is 7. The third-order valence-electron chi connectivity index (χ3n) is 3.72. The van der Waals surface area contributed by atoms with Crippen LogP contribution < -0.4 is 21.4 Å². The molecule has 0 aliphatic carbocycles. The molecule has 1 fully saturated rings. The molecule has 0 spiro atoms. The van der Waals surface area contributed by atoms with Gasteiger partial charge in [-0.1, -0.05) is 39.7 Å². The van der Waals surface area contributed by atoms with Crippen molar-refractivity contribution in [3.05, 3.63) is 35.9 Å². The van der Waals surface area contributed by atoms with E-state index in [1.165, 1.54) is 0 Å². The zero-order valence-electron chi connectivity index (χ0n) is 13.2. The van der Waals surface area contributed by atoms with Gasteiger partial charge in [0, 0.05) is 25.2 Å². The first-order valence-corrected chi connectivity index (χ1v) is 8.51. The zero-order chi connectivity index (χ0) is 16.3. The molecule has 0 amide bonds. The van der Waals surface area contributed by atoms with Crippen LogP contribution in [0.5, 0.6) is 0 Å². The van der Waals surface area contributed by atoms with Crippen LogP contribution in [0.1, 0.15) is 18.4 Å². The highest BCUT2D eigenvalue weighted by molar-refractivity contribution is 7.13. The Labute approximate surface area is 139 Å². The molecular weight excluding hydrogens is 315 g/mol. The number of aliphatic hydroxyl groups excluding tert-OH is 1. The number of benzene rings is 1.